The minimum Gasteiger partial charge on any atom is -0.427 e. The predicted molar refractivity (Wildman–Crippen MR) is 71.4 cm³/mol. The number of hydrogen-bond acceptors (Lipinski definition) is 5. The molecular formula is C14H16N4O2. The molecule has 1 heterocycles. The molecule has 0 aliphatic heterocycles. The SMILES string of the molecule is O=C(CC1CCCC1)Oc1ccc(-n2cnnn2)cc1. The van der Waals surface area contributed by atoms with Crippen molar-refractivity contribution >= 4 is 5.97 Å². The summed E-state index contributed by atoms with van der Waals surface area (Å²) in [5, 5.41) is 10.9. The number of rotatable bonds is 4. The van der Waals surface area contributed by atoms with Crippen molar-refractivity contribution < 1.29 is 9.53 Å². The lowest BCUT2D eigenvalue weighted by molar-refractivity contribution is -0.135. The van der Waals surface area contributed by atoms with Gasteiger partial charge < -0.3 is 4.74 Å². The van der Waals surface area contributed by atoms with Gasteiger partial charge in [-0.25, -0.2) is 4.68 Å². The van der Waals surface area contributed by atoms with Gasteiger partial charge in [0, 0.05) is 6.42 Å². The van der Waals surface area contributed by atoms with Crippen molar-refractivity contribution in [3.63, 3.8) is 0 Å². The van der Waals surface area contributed by atoms with E-state index in [1.165, 1.54) is 19.2 Å². The second-order valence-corrected chi connectivity index (χ2v) is 5.08. The second kappa shape index (κ2) is 5.81. The van der Waals surface area contributed by atoms with E-state index in [-0.39, 0.29) is 5.97 Å². The molecule has 0 bridgehead atoms. The van der Waals surface area contributed by atoms with E-state index < -0.39 is 0 Å². The van der Waals surface area contributed by atoms with Gasteiger partial charge in [0.15, 0.2) is 0 Å². The third-order valence-corrected chi connectivity index (χ3v) is 3.61. The van der Waals surface area contributed by atoms with Crippen LogP contribution in [0, 0.1) is 5.92 Å². The Morgan fingerprint density at radius 1 is 1.25 bits per heavy atom. The predicted octanol–water partition coefficient (Wildman–Crippen LogP) is 2.15. The van der Waals surface area contributed by atoms with Crippen LogP contribution in [0.2, 0.25) is 0 Å². The van der Waals surface area contributed by atoms with Crippen molar-refractivity contribution in [1.29, 1.82) is 0 Å². The highest BCUT2D eigenvalue weighted by Crippen LogP contribution is 2.28. The van der Waals surface area contributed by atoms with Crippen LogP contribution in [0.3, 0.4) is 0 Å². The zero-order chi connectivity index (χ0) is 13.8. The molecule has 2 aromatic rings. The molecule has 1 aliphatic carbocycles. The summed E-state index contributed by atoms with van der Waals surface area (Å²) in [5.74, 6) is 0.917. The Hall–Kier alpha value is -2.24. The lowest BCUT2D eigenvalue weighted by Gasteiger charge is -2.09. The summed E-state index contributed by atoms with van der Waals surface area (Å²) in [4.78, 5) is 11.8. The zero-order valence-electron chi connectivity index (χ0n) is 11.1. The Kier molecular flexibility index (Phi) is 3.71. The van der Waals surface area contributed by atoms with E-state index in [0.717, 1.165) is 18.5 Å². The molecule has 1 saturated carbocycles. The summed E-state index contributed by atoms with van der Waals surface area (Å²) in [7, 11) is 0. The van der Waals surface area contributed by atoms with Gasteiger partial charge in [-0.15, -0.1) is 5.10 Å². The number of carbonyl (C=O) groups excluding carboxylic acids is 1. The molecule has 3 rings (SSSR count). The molecule has 0 N–H and O–H groups in total. The van der Waals surface area contributed by atoms with Gasteiger partial charge in [-0.1, -0.05) is 12.8 Å². The Morgan fingerprint density at radius 2 is 2.00 bits per heavy atom. The van der Waals surface area contributed by atoms with Crippen LogP contribution in [-0.4, -0.2) is 26.2 Å². The molecule has 6 heteroatoms. The molecular weight excluding hydrogens is 256 g/mol. The van der Waals surface area contributed by atoms with Crippen LogP contribution >= 0.6 is 0 Å². The standard InChI is InChI=1S/C14H16N4O2/c19-14(9-11-3-1-2-4-11)20-13-7-5-12(6-8-13)18-10-15-16-17-18/h5-8,10-11H,1-4,9H2. The summed E-state index contributed by atoms with van der Waals surface area (Å²) in [6.45, 7) is 0. The van der Waals surface area contributed by atoms with E-state index in [1.807, 2.05) is 12.1 Å². The van der Waals surface area contributed by atoms with Gasteiger partial charge in [0.1, 0.15) is 12.1 Å². The first-order valence-corrected chi connectivity index (χ1v) is 6.85. The van der Waals surface area contributed by atoms with Crippen LogP contribution in [0.15, 0.2) is 30.6 Å². The monoisotopic (exact) mass is 272 g/mol. The van der Waals surface area contributed by atoms with Gasteiger partial charge in [-0.2, -0.15) is 0 Å². The molecule has 6 nitrogen and oxygen atoms in total. The van der Waals surface area contributed by atoms with Crippen molar-refractivity contribution in [2.75, 3.05) is 0 Å². The maximum atomic E-state index is 11.8. The summed E-state index contributed by atoms with van der Waals surface area (Å²) in [6, 6.07) is 7.14. The molecule has 0 atom stereocenters. The molecule has 0 unspecified atom stereocenters. The maximum absolute atomic E-state index is 11.8. The fourth-order valence-corrected chi connectivity index (χ4v) is 2.57. The second-order valence-electron chi connectivity index (χ2n) is 5.08. The van der Waals surface area contributed by atoms with Gasteiger partial charge in [-0.05, 0) is 53.5 Å². The Bertz CT molecular complexity index is 559. The van der Waals surface area contributed by atoms with Crippen molar-refractivity contribution in [3.05, 3.63) is 30.6 Å². The normalized spacial score (nSPS) is 15.4. The van der Waals surface area contributed by atoms with Crippen molar-refractivity contribution in [1.82, 2.24) is 20.2 Å². The van der Waals surface area contributed by atoms with Crippen LogP contribution in [0.1, 0.15) is 32.1 Å². The number of aromatic nitrogens is 4. The highest BCUT2D eigenvalue weighted by atomic mass is 16.5. The zero-order valence-corrected chi connectivity index (χ0v) is 11.1. The molecule has 0 saturated heterocycles. The molecule has 104 valence electrons. The van der Waals surface area contributed by atoms with E-state index in [2.05, 4.69) is 15.5 Å². The van der Waals surface area contributed by atoms with E-state index >= 15 is 0 Å². The summed E-state index contributed by atoms with van der Waals surface area (Å²) in [5.41, 5.74) is 0.825. The first kappa shape index (κ1) is 12.8. The number of nitrogens with zero attached hydrogens (tertiary/aromatic N) is 4. The highest BCUT2D eigenvalue weighted by Gasteiger charge is 2.19. The Labute approximate surface area is 116 Å². The van der Waals surface area contributed by atoms with Crippen molar-refractivity contribution in [2.45, 2.75) is 32.1 Å². The van der Waals surface area contributed by atoms with Crippen LogP contribution in [0.4, 0.5) is 0 Å². The lowest BCUT2D eigenvalue weighted by atomic mass is 10.0. The molecule has 1 aliphatic rings. The third-order valence-electron chi connectivity index (χ3n) is 3.61. The maximum Gasteiger partial charge on any atom is 0.311 e. The molecule has 1 fully saturated rings. The fourth-order valence-electron chi connectivity index (χ4n) is 2.57. The van der Waals surface area contributed by atoms with Crippen LogP contribution in [0.25, 0.3) is 5.69 Å². The largest absolute Gasteiger partial charge is 0.427 e. The highest BCUT2D eigenvalue weighted by molar-refractivity contribution is 5.72. The lowest BCUT2D eigenvalue weighted by Crippen LogP contribution is -2.12. The molecule has 1 aromatic heterocycles. The molecule has 20 heavy (non-hydrogen) atoms. The quantitative estimate of drug-likeness (QED) is 0.630. The van der Waals surface area contributed by atoms with E-state index in [4.69, 9.17) is 4.74 Å². The molecule has 1 aromatic carbocycles. The van der Waals surface area contributed by atoms with E-state index in [0.29, 0.717) is 18.1 Å². The van der Waals surface area contributed by atoms with Crippen LogP contribution in [0.5, 0.6) is 5.75 Å². The number of hydrogen-bond donors (Lipinski definition) is 0. The van der Waals surface area contributed by atoms with Gasteiger partial charge in [0.2, 0.25) is 0 Å². The summed E-state index contributed by atoms with van der Waals surface area (Å²) < 4.78 is 6.89. The summed E-state index contributed by atoms with van der Waals surface area (Å²) in [6.07, 6.45) is 6.80. The number of esters is 1. The molecule has 0 spiro atoms. The molecule has 0 amide bonds. The van der Waals surface area contributed by atoms with Gasteiger partial charge >= 0.3 is 5.97 Å². The van der Waals surface area contributed by atoms with Crippen LogP contribution in [-0.2, 0) is 4.79 Å². The smallest absolute Gasteiger partial charge is 0.311 e. The van der Waals surface area contributed by atoms with Gasteiger partial charge in [0.25, 0.3) is 0 Å². The van der Waals surface area contributed by atoms with E-state index in [9.17, 15) is 4.79 Å². The third kappa shape index (κ3) is 3.01. The van der Waals surface area contributed by atoms with Crippen LogP contribution < -0.4 is 4.74 Å². The average molecular weight is 272 g/mol. The average Bonchev–Trinajstić information content (AvgIpc) is 3.12. The first-order valence-electron chi connectivity index (χ1n) is 6.85. The first-order chi connectivity index (χ1) is 9.81. The summed E-state index contributed by atoms with van der Waals surface area (Å²) >= 11 is 0. The van der Waals surface area contributed by atoms with Gasteiger partial charge in [0.05, 0.1) is 5.69 Å². The van der Waals surface area contributed by atoms with E-state index in [1.54, 1.807) is 16.8 Å². The minimum absolute atomic E-state index is 0.146. The Morgan fingerprint density at radius 3 is 2.65 bits per heavy atom. The number of carbonyl (C=O) groups is 1. The van der Waals surface area contributed by atoms with Gasteiger partial charge in [-0.3, -0.25) is 4.79 Å². The number of benzene rings is 1. The molecule has 0 radical (unpaired) electrons. The number of tetrazole rings is 1. The fraction of sp³-hybridized carbons (Fsp3) is 0.429. The number of ether oxygens (including phenoxy) is 1. The van der Waals surface area contributed by atoms with Crippen molar-refractivity contribution in [2.24, 2.45) is 5.92 Å². The van der Waals surface area contributed by atoms with Crippen molar-refractivity contribution in [3.8, 4) is 11.4 Å². The minimum atomic E-state index is -0.146. The Balaban J connectivity index is 1.59. The topological polar surface area (TPSA) is 69.9 Å².